The number of halogens is 2. The van der Waals surface area contributed by atoms with Gasteiger partial charge in [0.05, 0.1) is 5.69 Å². The van der Waals surface area contributed by atoms with Gasteiger partial charge in [-0.05, 0) is 36.5 Å². The molecule has 0 atom stereocenters. The van der Waals surface area contributed by atoms with Gasteiger partial charge < -0.3 is 5.73 Å². The van der Waals surface area contributed by atoms with E-state index in [1.54, 1.807) is 6.07 Å². The number of benzene rings is 1. The van der Waals surface area contributed by atoms with E-state index >= 15 is 0 Å². The van der Waals surface area contributed by atoms with Gasteiger partial charge in [-0.2, -0.15) is 0 Å². The molecule has 1 aromatic carbocycles. The number of anilines is 1. The molecule has 2 rings (SSSR count). The van der Waals surface area contributed by atoms with E-state index in [9.17, 15) is 4.39 Å². The van der Waals surface area contributed by atoms with Gasteiger partial charge in [0.1, 0.15) is 5.82 Å². The van der Waals surface area contributed by atoms with Crippen molar-refractivity contribution in [3.63, 3.8) is 0 Å². The first-order chi connectivity index (χ1) is 5.68. The molecule has 2 N–H and O–H groups in total. The van der Waals surface area contributed by atoms with Crippen LogP contribution in [-0.2, 0) is 0 Å². The summed E-state index contributed by atoms with van der Waals surface area (Å²) in [4.78, 5) is 0. The topological polar surface area (TPSA) is 26.0 Å². The minimum absolute atomic E-state index is 0.266. The van der Waals surface area contributed by atoms with Crippen LogP contribution in [0.1, 0.15) is 24.3 Å². The van der Waals surface area contributed by atoms with Crippen molar-refractivity contribution < 1.29 is 4.39 Å². The molecule has 0 amide bonds. The highest BCUT2D eigenvalue weighted by molar-refractivity contribution is 6.30. The molecule has 0 spiro atoms. The van der Waals surface area contributed by atoms with E-state index in [0.29, 0.717) is 10.9 Å². The molecule has 0 radical (unpaired) electrons. The van der Waals surface area contributed by atoms with Crippen molar-refractivity contribution >= 4 is 17.3 Å². The Morgan fingerprint density at radius 3 is 2.67 bits per heavy atom. The summed E-state index contributed by atoms with van der Waals surface area (Å²) in [5.74, 6) is 0.0441. The Hall–Kier alpha value is -0.760. The fourth-order valence-electron chi connectivity index (χ4n) is 1.34. The summed E-state index contributed by atoms with van der Waals surface area (Å²) in [7, 11) is 0. The van der Waals surface area contributed by atoms with E-state index in [-0.39, 0.29) is 5.69 Å². The average Bonchev–Trinajstić information content (AvgIpc) is 2.79. The highest BCUT2D eigenvalue weighted by atomic mass is 35.5. The third-order valence-corrected chi connectivity index (χ3v) is 2.36. The summed E-state index contributed by atoms with van der Waals surface area (Å²) in [5, 5.41) is 0.434. The smallest absolute Gasteiger partial charge is 0.147 e. The SMILES string of the molecule is Nc1c(F)cc(Cl)cc1C1CC1. The van der Waals surface area contributed by atoms with Crippen LogP contribution in [-0.4, -0.2) is 0 Å². The number of rotatable bonds is 1. The van der Waals surface area contributed by atoms with Crippen molar-refractivity contribution in [2.24, 2.45) is 0 Å². The van der Waals surface area contributed by atoms with Gasteiger partial charge in [0.25, 0.3) is 0 Å². The fraction of sp³-hybridized carbons (Fsp3) is 0.333. The Morgan fingerprint density at radius 2 is 2.08 bits per heavy atom. The lowest BCUT2D eigenvalue weighted by Crippen LogP contribution is -1.96. The van der Waals surface area contributed by atoms with Crippen LogP contribution in [0.5, 0.6) is 0 Å². The van der Waals surface area contributed by atoms with Gasteiger partial charge in [-0.1, -0.05) is 11.6 Å². The first kappa shape index (κ1) is 7.87. The molecule has 0 saturated heterocycles. The van der Waals surface area contributed by atoms with Crippen LogP contribution in [0.25, 0.3) is 0 Å². The van der Waals surface area contributed by atoms with Gasteiger partial charge in [-0.3, -0.25) is 0 Å². The fourth-order valence-corrected chi connectivity index (χ4v) is 1.55. The van der Waals surface area contributed by atoms with Gasteiger partial charge in [0.2, 0.25) is 0 Å². The maximum Gasteiger partial charge on any atom is 0.147 e. The van der Waals surface area contributed by atoms with Crippen molar-refractivity contribution in [3.8, 4) is 0 Å². The Morgan fingerprint density at radius 1 is 1.42 bits per heavy atom. The molecule has 1 aliphatic carbocycles. The Balaban J connectivity index is 2.51. The highest BCUT2D eigenvalue weighted by Gasteiger charge is 2.26. The van der Waals surface area contributed by atoms with Gasteiger partial charge >= 0.3 is 0 Å². The highest BCUT2D eigenvalue weighted by Crippen LogP contribution is 2.44. The molecule has 12 heavy (non-hydrogen) atoms. The lowest BCUT2D eigenvalue weighted by molar-refractivity contribution is 0.630. The first-order valence-electron chi connectivity index (χ1n) is 3.93. The van der Waals surface area contributed by atoms with Crippen LogP contribution >= 0.6 is 11.6 Å². The molecule has 1 aliphatic rings. The van der Waals surface area contributed by atoms with Crippen LogP contribution in [0.3, 0.4) is 0 Å². The van der Waals surface area contributed by atoms with Gasteiger partial charge in [-0.25, -0.2) is 4.39 Å². The van der Waals surface area contributed by atoms with Crippen molar-refractivity contribution in [2.75, 3.05) is 5.73 Å². The van der Waals surface area contributed by atoms with E-state index in [2.05, 4.69) is 0 Å². The number of nitrogen functional groups attached to an aromatic ring is 1. The molecule has 1 nitrogen and oxygen atoms in total. The Bertz CT molecular complexity index is 321. The summed E-state index contributed by atoms with van der Waals surface area (Å²) in [5.41, 5.74) is 6.70. The third-order valence-electron chi connectivity index (χ3n) is 2.14. The normalized spacial score (nSPS) is 16.5. The zero-order chi connectivity index (χ0) is 8.72. The molecule has 1 aromatic rings. The summed E-state index contributed by atoms with van der Waals surface area (Å²) < 4.78 is 13.0. The quantitative estimate of drug-likeness (QED) is 0.669. The largest absolute Gasteiger partial charge is 0.396 e. The second-order valence-electron chi connectivity index (χ2n) is 3.16. The van der Waals surface area contributed by atoms with Gasteiger partial charge in [-0.15, -0.1) is 0 Å². The summed E-state index contributed by atoms with van der Waals surface area (Å²) in [6, 6.07) is 3.01. The molecule has 0 aromatic heterocycles. The maximum absolute atomic E-state index is 13.0. The zero-order valence-electron chi connectivity index (χ0n) is 6.48. The number of nitrogens with two attached hydrogens (primary N) is 1. The summed E-state index contributed by atoms with van der Waals surface area (Å²) >= 11 is 5.70. The van der Waals surface area contributed by atoms with Crippen LogP contribution in [0.4, 0.5) is 10.1 Å². The van der Waals surface area contributed by atoms with Crippen molar-refractivity contribution in [1.82, 2.24) is 0 Å². The van der Waals surface area contributed by atoms with E-state index < -0.39 is 5.82 Å². The second-order valence-corrected chi connectivity index (χ2v) is 3.60. The van der Waals surface area contributed by atoms with Crippen molar-refractivity contribution in [3.05, 3.63) is 28.5 Å². The Labute approximate surface area is 75.3 Å². The molecule has 0 heterocycles. The van der Waals surface area contributed by atoms with Crippen LogP contribution in [0, 0.1) is 5.82 Å². The molecule has 1 fully saturated rings. The average molecular weight is 186 g/mol. The molecule has 1 saturated carbocycles. The van der Waals surface area contributed by atoms with Crippen LogP contribution in [0.15, 0.2) is 12.1 Å². The third kappa shape index (κ3) is 1.27. The van der Waals surface area contributed by atoms with E-state index in [1.807, 2.05) is 0 Å². The molecule has 0 aliphatic heterocycles. The molecule has 64 valence electrons. The van der Waals surface area contributed by atoms with Crippen molar-refractivity contribution in [1.29, 1.82) is 0 Å². The van der Waals surface area contributed by atoms with E-state index in [4.69, 9.17) is 17.3 Å². The molecule has 0 unspecified atom stereocenters. The maximum atomic E-state index is 13.0. The summed E-state index contributed by atoms with van der Waals surface area (Å²) in [6.45, 7) is 0. The number of hydrogen-bond acceptors (Lipinski definition) is 1. The van der Waals surface area contributed by atoms with Crippen LogP contribution in [0.2, 0.25) is 5.02 Å². The van der Waals surface area contributed by atoms with Gasteiger partial charge in [0, 0.05) is 5.02 Å². The standard InChI is InChI=1S/C9H9ClFN/c10-6-3-7(5-1-2-5)9(12)8(11)4-6/h3-5H,1-2,12H2. The first-order valence-corrected chi connectivity index (χ1v) is 4.30. The molecular weight excluding hydrogens is 177 g/mol. The minimum Gasteiger partial charge on any atom is -0.396 e. The van der Waals surface area contributed by atoms with E-state index in [0.717, 1.165) is 18.4 Å². The minimum atomic E-state index is -0.399. The molecule has 0 bridgehead atoms. The monoisotopic (exact) mass is 185 g/mol. The molecule has 3 heteroatoms. The lowest BCUT2D eigenvalue weighted by atomic mass is 10.1. The van der Waals surface area contributed by atoms with Gasteiger partial charge in [0.15, 0.2) is 0 Å². The van der Waals surface area contributed by atoms with Crippen molar-refractivity contribution in [2.45, 2.75) is 18.8 Å². The lowest BCUT2D eigenvalue weighted by Gasteiger charge is -2.05. The summed E-state index contributed by atoms with van der Waals surface area (Å²) in [6.07, 6.45) is 2.20. The predicted octanol–water partition coefficient (Wildman–Crippen LogP) is 2.94. The Kier molecular flexibility index (Phi) is 1.72. The van der Waals surface area contributed by atoms with Crippen LogP contribution < -0.4 is 5.73 Å². The zero-order valence-corrected chi connectivity index (χ0v) is 7.24. The predicted molar refractivity (Wildman–Crippen MR) is 47.8 cm³/mol. The van der Waals surface area contributed by atoms with E-state index in [1.165, 1.54) is 6.07 Å². The number of hydrogen-bond donors (Lipinski definition) is 1. The second kappa shape index (κ2) is 2.63. The molecular formula is C9H9ClFN.